The molecule has 1 fully saturated rings. The molecule has 1 aromatic carbocycles. The minimum absolute atomic E-state index is 0.747. The van der Waals surface area contributed by atoms with Crippen LogP contribution in [0, 0.1) is 6.92 Å². The molecule has 1 saturated carbocycles. The maximum Gasteiger partial charge on any atom is 0.0109 e. The highest BCUT2D eigenvalue weighted by Gasteiger charge is 2.21. The Morgan fingerprint density at radius 2 is 2.00 bits per heavy atom. The standard InChI is InChI=1S/C15H23NS/c1-3-16-13-5-4-6-15(11-13)17-14-9-7-12(2)8-10-14/h7-10,13,15-16H,3-6,11H2,1-2H3. The normalized spacial score (nSPS) is 24.8. The summed E-state index contributed by atoms with van der Waals surface area (Å²) in [7, 11) is 0. The van der Waals surface area contributed by atoms with Crippen LogP contribution in [0.25, 0.3) is 0 Å². The van der Waals surface area contributed by atoms with Crippen molar-refractivity contribution in [2.24, 2.45) is 0 Å². The van der Waals surface area contributed by atoms with Crippen molar-refractivity contribution in [1.82, 2.24) is 5.32 Å². The van der Waals surface area contributed by atoms with E-state index in [1.165, 1.54) is 36.1 Å². The smallest absolute Gasteiger partial charge is 0.0109 e. The highest BCUT2D eigenvalue weighted by Crippen LogP contribution is 2.33. The average molecular weight is 249 g/mol. The Labute approximate surface area is 109 Å². The average Bonchev–Trinajstić information content (AvgIpc) is 2.33. The summed E-state index contributed by atoms with van der Waals surface area (Å²) >= 11 is 2.06. The van der Waals surface area contributed by atoms with Crippen LogP contribution in [0.4, 0.5) is 0 Å². The molecule has 1 N–H and O–H groups in total. The van der Waals surface area contributed by atoms with E-state index in [-0.39, 0.29) is 0 Å². The van der Waals surface area contributed by atoms with E-state index >= 15 is 0 Å². The summed E-state index contributed by atoms with van der Waals surface area (Å²) in [5, 5.41) is 4.40. The third-order valence-corrected chi connectivity index (χ3v) is 4.75. The molecular formula is C15H23NS. The number of thioether (sulfide) groups is 1. The lowest BCUT2D eigenvalue weighted by molar-refractivity contribution is 0.388. The van der Waals surface area contributed by atoms with Crippen molar-refractivity contribution in [3.8, 4) is 0 Å². The van der Waals surface area contributed by atoms with Crippen molar-refractivity contribution in [2.75, 3.05) is 6.54 Å². The van der Waals surface area contributed by atoms with Crippen molar-refractivity contribution in [1.29, 1.82) is 0 Å². The molecule has 0 aliphatic heterocycles. The highest BCUT2D eigenvalue weighted by atomic mass is 32.2. The number of nitrogens with one attached hydrogen (secondary N) is 1. The van der Waals surface area contributed by atoms with Crippen LogP contribution >= 0.6 is 11.8 Å². The lowest BCUT2D eigenvalue weighted by Crippen LogP contribution is -2.34. The van der Waals surface area contributed by atoms with Gasteiger partial charge in [0.1, 0.15) is 0 Å². The summed E-state index contributed by atoms with van der Waals surface area (Å²) in [5.41, 5.74) is 1.35. The van der Waals surface area contributed by atoms with Crippen LogP contribution in [-0.4, -0.2) is 17.8 Å². The molecule has 2 atom stereocenters. The van der Waals surface area contributed by atoms with Gasteiger partial charge in [-0.2, -0.15) is 0 Å². The van der Waals surface area contributed by atoms with Gasteiger partial charge in [0, 0.05) is 16.2 Å². The van der Waals surface area contributed by atoms with Crippen LogP contribution in [0.15, 0.2) is 29.2 Å². The molecule has 1 aliphatic rings. The van der Waals surface area contributed by atoms with Crippen LogP contribution < -0.4 is 5.32 Å². The first-order valence-electron chi connectivity index (χ1n) is 6.74. The van der Waals surface area contributed by atoms with Crippen LogP contribution in [0.2, 0.25) is 0 Å². The van der Waals surface area contributed by atoms with Crippen molar-refractivity contribution < 1.29 is 0 Å². The van der Waals surface area contributed by atoms with Gasteiger partial charge in [-0.15, -0.1) is 11.8 Å². The second-order valence-electron chi connectivity index (χ2n) is 4.97. The van der Waals surface area contributed by atoms with Gasteiger partial charge in [-0.1, -0.05) is 31.0 Å². The van der Waals surface area contributed by atoms with Gasteiger partial charge in [0.2, 0.25) is 0 Å². The molecule has 0 amide bonds. The summed E-state index contributed by atoms with van der Waals surface area (Å²) in [5.74, 6) is 0. The van der Waals surface area contributed by atoms with Gasteiger partial charge in [0.15, 0.2) is 0 Å². The highest BCUT2D eigenvalue weighted by molar-refractivity contribution is 8.00. The second kappa shape index (κ2) is 6.46. The fraction of sp³-hybridized carbons (Fsp3) is 0.600. The van der Waals surface area contributed by atoms with E-state index in [9.17, 15) is 0 Å². The summed E-state index contributed by atoms with van der Waals surface area (Å²) in [6.45, 7) is 5.46. The third kappa shape index (κ3) is 4.04. The molecule has 2 rings (SSSR count). The molecule has 0 bridgehead atoms. The van der Waals surface area contributed by atoms with Crippen molar-refractivity contribution in [3.63, 3.8) is 0 Å². The zero-order valence-corrected chi connectivity index (χ0v) is 11.7. The molecule has 0 aromatic heterocycles. The lowest BCUT2D eigenvalue weighted by Gasteiger charge is -2.29. The molecule has 94 valence electrons. The van der Waals surface area contributed by atoms with Crippen LogP contribution in [-0.2, 0) is 0 Å². The molecule has 0 saturated heterocycles. The minimum Gasteiger partial charge on any atom is -0.314 e. The van der Waals surface area contributed by atoms with Gasteiger partial charge >= 0.3 is 0 Å². The Hall–Kier alpha value is -0.470. The van der Waals surface area contributed by atoms with Crippen LogP contribution in [0.5, 0.6) is 0 Å². The number of benzene rings is 1. The van der Waals surface area contributed by atoms with Gasteiger partial charge in [0.25, 0.3) is 0 Å². The van der Waals surface area contributed by atoms with E-state index in [2.05, 4.69) is 55.2 Å². The summed E-state index contributed by atoms with van der Waals surface area (Å²) in [4.78, 5) is 1.43. The molecule has 0 spiro atoms. The molecule has 1 nitrogen and oxygen atoms in total. The van der Waals surface area contributed by atoms with Gasteiger partial charge in [0.05, 0.1) is 0 Å². The molecule has 1 aliphatic carbocycles. The Morgan fingerprint density at radius 3 is 2.71 bits per heavy atom. The van der Waals surface area contributed by atoms with E-state index < -0.39 is 0 Å². The molecular weight excluding hydrogens is 226 g/mol. The monoisotopic (exact) mass is 249 g/mol. The van der Waals surface area contributed by atoms with Gasteiger partial charge < -0.3 is 5.32 Å². The van der Waals surface area contributed by atoms with Gasteiger partial charge in [-0.05, 0) is 44.9 Å². The van der Waals surface area contributed by atoms with Gasteiger partial charge in [-0.3, -0.25) is 0 Å². The number of aryl methyl sites for hydroxylation is 1. The Balaban J connectivity index is 1.87. The zero-order valence-electron chi connectivity index (χ0n) is 10.9. The molecule has 2 unspecified atom stereocenters. The number of hydrogen-bond donors (Lipinski definition) is 1. The number of hydrogen-bond acceptors (Lipinski definition) is 2. The first-order valence-corrected chi connectivity index (χ1v) is 7.62. The maximum atomic E-state index is 3.60. The van der Waals surface area contributed by atoms with Crippen LogP contribution in [0.1, 0.15) is 38.2 Å². The third-order valence-electron chi connectivity index (χ3n) is 3.44. The molecule has 0 heterocycles. The summed E-state index contributed by atoms with van der Waals surface area (Å²) in [6.07, 6.45) is 5.44. The Morgan fingerprint density at radius 1 is 1.24 bits per heavy atom. The van der Waals surface area contributed by atoms with Crippen molar-refractivity contribution in [2.45, 2.75) is 55.7 Å². The second-order valence-corrected chi connectivity index (χ2v) is 6.35. The summed E-state index contributed by atoms with van der Waals surface area (Å²) in [6, 6.07) is 9.70. The van der Waals surface area contributed by atoms with Crippen LogP contribution in [0.3, 0.4) is 0 Å². The van der Waals surface area contributed by atoms with E-state index in [1.54, 1.807) is 0 Å². The van der Waals surface area contributed by atoms with E-state index in [4.69, 9.17) is 0 Å². The first-order chi connectivity index (χ1) is 8.28. The fourth-order valence-electron chi connectivity index (χ4n) is 2.54. The Kier molecular flexibility index (Phi) is 4.93. The predicted octanol–water partition coefficient (Wildman–Crippen LogP) is 4.01. The van der Waals surface area contributed by atoms with Gasteiger partial charge in [-0.25, -0.2) is 0 Å². The minimum atomic E-state index is 0.747. The van der Waals surface area contributed by atoms with E-state index in [1.807, 2.05) is 0 Å². The summed E-state index contributed by atoms with van der Waals surface area (Å²) < 4.78 is 0. The van der Waals surface area contributed by atoms with E-state index in [0.717, 1.165) is 17.8 Å². The SMILES string of the molecule is CCNC1CCCC(Sc2ccc(C)cc2)C1. The van der Waals surface area contributed by atoms with Crippen molar-refractivity contribution in [3.05, 3.63) is 29.8 Å². The Bertz CT molecular complexity index is 331. The molecule has 2 heteroatoms. The quantitative estimate of drug-likeness (QED) is 0.865. The largest absolute Gasteiger partial charge is 0.314 e. The van der Waals surface area contributed by atoms with Crippen molar-refractivity contribution >= 4 is 11.8 Å². The predicted molar refractivity (Wildman–Crippen MR) is 76.8 cm³/mol. The molecule has 1 aromatic rings. The zero-order chi connectivity index (χ0) is 12.1. The lowest BCUT2D eigenvalue weighted by atomic mass is 9.95. The topological polar surface area (TPSA) is 12.0 Å². The molecule has 17 heavy (non-hydrogen) atoms. The van der Waals surface area contributed by atoms with E-state index in [0.29, 0.717) is 0 Å². The maximum absolute atomic E-state index is 3.60. The first kappa shape index (κ1) is 13.0. The fourth-order valence-corrected chi connectivity index (χ4v) is 3.83. The molecule has 0 radical (unpaired) electrons. The number of rotatable bonds is 4.